The van der Waals surface area contributed by atoms with Gasteiger partial charge in [0.15, 0.2) is 0 Å². The van der Waals surface area contributed by atoms with Crippen molar-refractivity contribution in [1.29, 1.82) is 0 Å². The summed E-state index contributed by atoms with van der Waals surface area (Å²) in [5.74, 6) is -1.63. The lowest BCUT2D eigenvalue weighted by Crippen LogP contribution is -2.08. The maximum absolute atomic E-state index is 13.8. The summed E-state index contributed by atoms with van der Waals surface area (Å²) < 4.78 is 56.9. The minimum Gasteiger partial charge on any atom is -0.391 e. The highest BCUT2D eigenvalue weighted by Gasteiger charge is 2.34. The third-order valence-corrected chi connectivity index (χ3v) is 4.70. The summed E-state index contributed by atoms with van der Waals surface area (Å²) in [5.41, 5.74) is -1.36. The molecule has 0 atom stereocenters. The van der Waals surface area contributed by atoms with Crippen molar-refractivity contribution < 1.29 is 32.0 Å². The van der Waals surface area contributed by atoms with E-state index in [0.29, 0.717) is 12.1 Å². The Labute approximate surface area is 146 Å². The first-order chi connectivity index (χ1) is 12.3. The quantitative estimate of drug-likeness (QED) is 0.608. The lowest BCUT2D eigenvalue weighted by Gasteiger charge is -2.09. The third kappa shape index (κ3) is 3.65. The second-order valence-corrected chi connectivity index (χ2v) is 6.47. The Hall–Kier alpha value is -2.22. The molecule has 4 nitrogen and oxygen atoms in total. The summed E-state index contributed by atoms with van der Waals surface area (Å²) in [7, 11) is 0. The number of halogens is 4. The van der Waals surface area contributed by atoms with Gasteiger partial charge in [0.25, 0.3) is 0 Å². The molecule has 1 fully saturated rings. The maximum Gasteiger partial charge on any atom is 0.419 e. The Bertz CT molecular complexity index is 807. The van der Waals surface area contributed by atoms with E-state index < -0.39 is 24.2 Å². The smallest absolute Gasteiger partial charge is 0.391 e. The lowest BCUT2D eigenvalue weighted by atomic mass is 9.97. The molecule has 0 unspecified atom stereocenters. The number of nitrogens with zero attached hydrogens (tertiary/aromatic N) is 1. The number of carbonyl (C=O) groups excluding carboxylic acids is 1. The van der Waals surface area contributed by atoms with Gasteiger partial charge in [-0.05, 0) is 18.1 Å². The summed E-state index contributed by atoms with van der Waals surface area (Å²) in [6.07, 6.45) is -0.511. The van der Waals surface area contributed by atoms with Crippen LogP contribution in [0.25, 0.3) is 11.3 Å². The molecule has 1 N–H and O–H groups in total. The molecule has 26 heavy (non-hydrogen) atoms. The third-order valence-electron chi connectivity index (χ3n) is 4.70. The number of benzene rings is 1. The zero-order chi connectivity index (χ0) is 18.9. The van der Waals surface area contributed by atoms with Crippen LogP contribution in [0.2, 0.25) is 0 Å². The van der Waals surface area contributed by atoms with Crippen LogP contribution in [-0.2, 0) is 12.8 Å². The molecule has 1 aliphatic carbocycles. The van der Waals surface area contributed by atoms with Gasteiger partial charge >= 0.3 is 6.18 Å². The Balaban J connectivity index is 1.90. The van der Waals surface area contributed by atoms with E-state index in [1.165, 1.54) is 0 Å². The molecule has 0 radical (unpaired) electrons. The molecule has 3 rings (SSSR count). The highest BCUT2D eigenvalue weighted by Crippen LogP contribution is 2.35. The number of alkyl halides is 3. The molecule has 0 spiro atoms. The van der Waals surface area contributed by atoms with Gasteiger partial charge in [0.2, 0.25) is 11.5 Å². The van der Waals surface area contributed by atoms with E-state index in [0.717, 1.165) is 31.7 Å². The number of ketones is 1. The van der Waals surface area contributed by atoms with E-state index in [1.54, 1.807) is 0 Å². The van der Waals surface area contributed by atoms with Crippen LogP contribution < -0.4 is 0 Å². The van der Waals surface area contributed by atoms with Crippen molar-refractivity contribution in [3.63, 3.8) is 0 Å². The summed E-state index contributed by atoms with van der Waals surface area (Å²) in [4.78, 5) is 12.4. The monoisotopic (exact) mass is 371 g/mol. The van der Waals surface area contributed by atoms with Gasteiger partial charge in [-0.1, -0.05) is 36.9 Å². The first-order valence-electron chi connectivity index (χ1n) is 8.31. The highest BCUT2D eigenvalue weighted by atomic mass is 19.4. The van der Waals surface area contributed by atoms with Gasteiger partial charge in [-0.2, -0.15) is 13.2 Å². The number of aromatic nitrogens is 1. The molecule has 0 amide bonds. The van der Waals surface area contributed by atoms with E-state index in [9.17, 15) is 27.5 Å². The van der Waals surface area contributed by atoms with Crippen LogP contribution in [0.1, 0.15) is 53.8 Å². The molecule has 2 aromatic rings. The van der Waals surface area contributed by atoms with Crippen molar-refractivity contribution in [2.24, 2.45) is 5.92 Å². The molecule has 1 aromatic heterocycles. The molecule has 1 aliphatic rings. The van der Waals surface area contributed by atoms with E-state index >= 15 is 0 Å². The molecule has 0 bridgehead atoms. The Morgan fingerprint density at radius 3 is 2.54 bits per heavy atom. The highest BCUT2D eigenvalue weighted by molar-refractivity contribution is 5.96. The average molecular weight is 371 g/mol. The van der Waals surface area contributed by atoms with Crippen molar-refractivity contribution in [2.45, 2.75) is 44.9 Å². The molecule has 1 heterocycles. The number of carbonyl (C=O) groups is 1. The van der Waals surface area contributed by atoms with Gasteiger partial charge in [0.05, 0.1) is 17.7 Å². The van der Waals surface area contributed by atoms with Crippen LogP contribution in [0.4, 0.5) is 17.6 Å². The summed E-state index contributed by atoms with van der Waals surface area (Å²) >= 11 is 0. The van der Waals surface area contributed by atoms with Crippen LogP contribution in [-0.4, -0.2) is 16.0 Å². The molecule has 1 aromatic carbocycles. The SMILES string of the molecule is O=C(CC1CCCC1)c1onc(-c2ccc(C(F)(F)F)c(F)c2)c1CO. The summed E-state index contributed by atoms with van der Waals surface area (Å²) in [6.45, 7) is -0.590. The van der Waals surface area contributed by atoms with Crippen LogP contribution in [0.5, 0.6) is 0 Å². The summed E-state index contributed by atoms with van der Waals surface area (Å²) in [6, 6.07) is 2.31. The zero-order valence-corrected chi connectivity index (χ0v) is 13.8. The van der Waals surface area contributed by atoms with Crippen molar-refractivity contribution in [3.8, 4) is 11.3 Å². The van der Waals surface area contributed by atoms with E-state index in [1.807, 2.05) is 0 Å². The number of aliphatic hydroxyl groups is 1. The average Bonchev–Trinajstić information content (AvgIpc) is 3.22. The number of rotatable bonds is 5. The molecule has 0 saturated heterocycles. The Kier molecular flexibility index (Phi) is 5.13. The number of aliphatic hydroxyl groups excluding tert-OH is 1. The largest absolute Gasteiger partial charge is 0.419 e. The van der Waals surface area contributed by atoms with Crippen LogP contribution in [0.3, 0.4) is 0 Å². The molecule has 0 aliphatic heterocycles. The van der Waals surface area contributed by atoms with Crippen molar-refractivity contribution in [2.75, 3.05) is 0 Å². The van der Waals surface area contributed by atoms with E-state index in [2.05, 4.69) is 5.16 Å². The molecular weight excluding hydrogens is 354 g/mol. The molecule has 1 saturated carbocycles. The standard InChI is InChI=1S/C18H17F4NO3/c19-14-8-11(5-6-13(14)18(20,21)22)16-12(9-24)17(26-23-16)15(25)7-10-3-1-2-4-10/h5-6,8,10,24H,1-4,7,9H2. The Morgan fingerprint density at radius 2 is 1.96 bits per heavy atom. The zero-order valence-electron chi connectivity index (χ0n) is 13.8. The van der Waals surface area contributed by atoms with Gasteiger partial charge in [0, 0.05) is 12.0 Å². The van der Waals surface area contributed by atoms with Gasteiger partial charge < -0.3 is 9.63 Å². The summed E-state index contributed by atoms with van der Waals surface area (Å²) in [5, 5.41) is 13.3. The first-order valence-corrected chi connectivity index (χ1v) is 8.31. The normalized spacial score (nSPS) is 15.6. The number of Topliss-reactive ketones (excluding diaryl/α,β-unsaturated/α-hetero) is 1. The van der Waals surface area contributed by atoms with E-state index in [-0.39, 0.29) is 40.7 Å². The van der Waals surface area contributed by atoms with Crippen LogP contribution >= 0.6 is 0 Å². The lowest BCUT2D eigenvalue weighted by molar-refractivity contribution is -0.139. The van der Waals surface area contributed by atoms with E-state index in [4.69, 9.17) is 4.52 Å². The van der Waals surface area contributed by atoms with Gasteiger partial charge in [-0.25, -0.2) is 4.39 Å². The minimum atomic E-state index is -4.81. The fraction of sp³-hybridized carbons (Fsp3) is 0.444. The molecule has 140 valence electrons. The van der Waals surface area contributed by atoms with Crippen molar-refractivity contribution >= 4 is 5.78 Å². The molecule has 8 heteroatoms. The van der Waals surface area contributed by atoms with Gasteiger partial charge in [-0.15, -0.1) is 0 Å². The van der Waals surface area contributed by atoms with Crippen molar-refractivity contribution in [3.05, 3.63) is 40.9 Å². The molecular formula is C18H17F4NO3. The van der Waals surface area contributed by atoms with Gasteiger partial charge in [-0.3, -0.25) is 4.79 Å². The fourth-order valence-electron chi connectivity index (χ4n) is 3.36. The predicted octanol–water partition coefficient (Wildman–Crippen LogP) is 4.75. The second kappa shape index (κ2) is 7.19. The minimum absolute atomic E-state index is 0.00298. The number of hydrogen-bond acceptors (Lipinski definition) is 4. The second-order valence-electron chi connectivity index (χ2n) is 6.47. The van der Waals surface area contributed by atoms with Crippen LogP contribution in [0, 0.1) is 11.7 Å². The van der Waals surface area contributed by atoms with Gasteiger partial charge in [0.1, 0.15) is 11.5 Å². The van der Waals surface area contributed by atoms with Crippen LogP contribution in [0.15, 0.2) is 22.7 Å². The number of hydrogen-bond donors (Lipinski definition) is 1. The van der Waals surface area contributed by atoms with Crippen molar-refractivity contribution in [1.82, 2.24) is 5.16 Å². The topological polar surface area (TPSA) is 63.3 Å². The Morgan fingerprint density at radius 1 is 1.27 bits per heavy atom. The maximum atomic E-state index is 13.8. The first kappa shape index (κ1) is 18.6. The fourth-order valence-corrected chi connectivity index (χ4v) is 3.36. The predicted molar refractivity (Wildman–Crippen MR) is 83.7 cm³/mol.